The number of carbonyl (C=O) groups is 1. The first-order chi connectivity index (χ1) is 6.79. The van der Waals surface area contributed by atoms with Crippen LogP contribution in [0.1, 0.15) is 26.7 Å². The molecule has 0 aliphatic carbocycles. The number of rotatable bonds is 6. The largest absolute Gasteiger partial charge is 0.465 e. The molecule has 0 aromatic heterocycles. The zero-order chi connectivity index (χ0) is 12.1. The second-order valence-electron chi connectivity index (χ2n) is 3.55. The number of esters is 1. The second-order valence-corrected chi connectivity index (χ2v) is 6.00. The molecule has 0 saturated heterocycles. The van der Waals surface area contributed by atoms with E-state index in [9.17, 15) is 13.2 Å². The van der Waals surface area contributed by atoms with Crippen LogP contribution < -0.4 is 0 Å². The molecule has 0 heterocycles. The van der Waals surface area contributed by atoms with Gasteiger partial charge in [0.1, 0.15) is 0 Å². The standard InChI is InChI=1S/C10H18O4S/c1-5-7-8-10(3,15(4,12)13)9(11)14-6-2/h5H,1,6-8H2,2-4H3/t10-/m1/s1. The van der Waals surface area contributed by atoms with E-state index in [0.29, 0.717) is 6.42 Å². The van der Waals surface area contributed by atoms with Crippen molar-refractivity contribution in [3.05, 3.63) is 12.7 Å². The van der Waals surface area contributed by atoms with E-state index in [1.165, 1.54) is 6.92 Å². The van der Waals surface area contributed by atoms with Crippen LogP contribution in [0.15, 0.2) is 12.7 Å². The molecule has 0 rings (SSSR count). The van der Waals surface area contributed by atoms with Gasteiger partial charge in [-0.25, -0.2) is 8.42 Å². The van der Waals surface area contributed by atoms with Crippen molar-refractivity contribution in [2.24, 2.45) is 0 Å². The van der Waals surface area contributed by atoms with Gasteiger partial charge in [-0.15, -0.1) is 6.58 Å². The Morgan fingerprint density at radius 3 is 2.40 bits per heavy atom. The molecule has 0 aliphatic rings. The van der Waals surface area contributed by atoms with Gasteiger partial charge >= 0.3 is 5.97 Å². The van der Waals surface area contributed by atoms with Crippen molar-refractivity contribution < 1.29 is 17.9 Å². The Morgan fingerprint density at radius 2 is 2.07 bits per heavy atom. The van der Waals surface area contributed by atoms with Gasteiger partial charge in [-0.1, -0.05) is 6.08 Å². The molecule has 15 heavy (non-hydrogen) atoms. The van der Waals surface area contributed by atoms with Gasteiger partial charge in [0.05, 0.1) is 6.61 Å². The average molecular weight is 234 g/mol. The van der Waals surface area contributed by atoms with E-state index >= 15 is 0 Å². The lowest BCUT2D eigenvalue weighted by molar-refractivity contribution is -0.146. The van der Waals surface area contributed by atoms with Crippen LogP contribution in [0.25, 0.3) is 0 Å². The van der Waals surface area contributed by atoms with Crippen molar-refractivity contribution in [1.82, 2.24) is 0 Å². The van der Waals surface area contributed by atoms with Gasteiger partial charge in [0.25, 0.3) is 0 Å². The van der Waals surface area contributed by atoms with Crippen molar-refractivity contribution >= 4 is 15.8 Å². The summed E-state index contributed by atoms with van der Waals surface area (Å²) >= 11 is 0. The minimum absolute atomic E-state index is 0.179. The lowest BCUT2D eigenvalue weighted by Crippen LogP contribution is -2.44. The van der Waals surface area contributed by atoms with Crippen LogP contribution in [-0.4, -0.2) is 32.0 Å². The zero-order valence-corrected chi connectivity index (χ0v) is 10.3. The molecule has 0 amide bonds. The summed E-state index contributed by atoms with van der Waals surface area (Å²) in [6.07, 6.45) is 3.30. The van der Waals surface area contributed by atoms with Crippen LogP contribution in [-0.2, 0) is 19.4 Å². The summed E-state index contributed by atoms with van der Waals surface area (Å²) < 4.78 is 26.4. The molecule has 88 valence electrons. The van der Waals surface area contributed by atoms with Crippen molar-refractivity contribution in [1.29, 1.82) is 0 Å². The highest BCUT2D eigenvalue weighted by Crippen LogP contribution is 2.24. The van der Waals surface area contributed by atoms with Crippen LogP contribution >= 0.6 is 0 Å². The van der Waals surface area contributed by atoms with E-state index in [1.807, 2.05) is 0 Å². The summed E-state index contributed by atoms with van der Waals surface area (Å²) in [5, 5.41) is 0. The molecule has 5 heteroatoms. The number of hydrogen-bond donors (Lipinski definition) is 0. The fourth-order valence-corrected chi connectivity index (χ4v) is 1.95. The second kappa shape index (κ2) is 5.30. The Bertz CT molecular complexity index is 331. The summed E-state index contributed by atoms with van der Waals surface area (Å²) in [5.41, 5.74) is 0. The first-order valence-corrected chi connectivity index (χ1v) is 6.66. The van der Waals surface area contributed by atoms with E-state index in [2.05, 4.69) is 6.58 Å². The predicted octanol–water partition coefficient (Wildman–Crippen LogP) is 1.32. The summed E-state index contributed by atoms with van der Waals surface area (Å²) in [4.78, 5) is 11.6. The van der Waals surface area contributed by atoms with E-state index in [4.69, 9.17) is 4.74 Å². The number of allylic oxidation sites excluding steroid dienone is 1. The molecule has 0 bridgehead atoms. The fourth-order valence-electron chi connectivity index (χ4n) is 1.10. The molecule has 4 nitrogen and oxygen atoms in total. The van der Waals surface area contributed by atoms with Crippen LogP contribution in [0.2, 0.25) is 0 Å². The van der Waals surface area contributed by atoms with Gasteiger partial charge < -0.3 is 4.74 Å². The highest BCUT2D eigenvalue weighted by Gasteiger charge is 2.44. The Kier molecular flexibility index (Phi) is 5.00. The fraction of sp³-hybridized carbons (Fsp3) is 0.700. The molecular formula is C10H18O4S. The van der Waals surface area contributed by atoms with Gasteiger partial charge in [-0.3, -0.25) is 4.79 Å². The van der Waals surface area contributed by atoms with E-state index in [-0.39, 0.29) is 13.0 Å². The Labute approximate surface area is 91.2 Å². The molecule has 0 N–H and O–H groups in total. The number of carbonyl (C=O) groups excluding carboxylic acids is 1. The SMILES string of the molecule is C=CCC[C@](C)(C(=O)OCC)S(C)(=O)=O. The third kappa shape index (κ3) is 3.34. The Hall–Kier alpha value is -0.840. The van der Waals surface area contributed by atoms with Crippen molar-refractivity contribution in [2.45, 2.75) is 31.4 Å². The first kappa shape index (κ1) is 14.2. The number of ether oxygens (including phenoxy) is 1. The first-order valence-electron chi connectivity index (χ1n) is 4.77. The molecule has 0 fully saturated rings. The molecule has 0 aliphatic heterocycles. The minimum Gasteiger partial charge on any atom is -0.465 e. The topological polar surface area (TPSA) is 60.4 Å². The molecule has 0 spiro atoms. The van der Waals surface area contributed by atoms with Crippen LogP contribution in [0.3, 0.4) is 0 Å². The lowest BCUT2D eigenvalue weighted by Gasteiger charge is -2.24. The Morgan fingerprint density at radius 1 is 1.53 bits per heavy atom. The molecule has 1 atom stereocenters. The van der Waals surface area contributed by atoms with Gasteiger partial charge in [-0.05, 0) is 26.7 Å². The summed E-state index contributed by atoms with van der Waals surface area (Å²) in [5.74, 6) is -0.686. The van der Waals surface area contributed by atoms with Gasteiger partial charge in [0, 0.05) is 6.26 Å². The monoisotopic (exact) mass is 234 g/mol. The van der Waals surface area contributed by atoms with Gasteiger partial charge in [0.2, 0.25) is 0 Å². The predicted molar refractivity (Wildman–Crippen MR) is 59.3 cm³/mol. The quantitative estimate of drug-likeness (QED) is 0.513. The van der Waals surface area contributed by atoms with E-state index < -0.39 is 20.6 Å². The van der Waals surface area contributed by atoms with Crippen LogP contribution in [0.5, 0.6) is 0 Å². The summed E-state index contributed by atoms with van der Waals surface area (Å²) in [6, 6.07) is 0. The maximum atomic E-state index is 11.6. The third-order valence-corrected chi connectivity index (χ3v) is 4.36. The van der Waals surface area contributed by atoms with Crippen molar-refractivity contribution in [2.75, 3.05) is 12.9 Å². The van der Waals surface area contributed by atoms with Crippen LogP contribution in [0.4, 0.5) is 0 Å². The normalized spacial score (nSPS) is 15.4. The van der Waals surface area contributed by atoms with Gasteiger partial charge in [-0.2, -0.15) is 0 Å². The Balaban J connectivity index is 5.02. The number of hydrogen-bond acceptors (Lipinski definition) is 4. The number of sulfone groups is 1. The molecular weight excluding hydrogens is 216 g/mol. The smallest absolute Gasteiger partial charge is 0.327 e. The average Bonchev–Trinajstić information content (AvgIpc) is 2.12. The summed E-state index contributed by atoms with van der Waals surface area (Å²) in [6.45, 7) is 6.72. The third-order valence-electron chi connectivity index (χ3n) is 2.35. The van der Waals surface area contributed by atoms with Crippen LogP contribution in [0, 0.1) is 0 Å². The molecule has 0 aromatic carbocycles. The lowest BCUT2D eigenvalue weighted by atomic mass is 10.1. The molecule has 0 unspecified atom stereocenters. The molecule has 0 saturated carbocycles. The zero-order valence-electron chi connectivity index (χ0n) is 9.45. The minimum atomic E-state index is -3.48. The van der Waals surface area contributed by atoms with E-state index in [1.54, 1.807) is 13.0 Å². The maximum Gasteiger partial charge on any atom is 0.327 e. The van der Waals surface area contributed by atoms with E-state index in [0.717, 1.165) is 6.26 Å². The van der Waals surface area contributed by atoms with Gasteiger partial charge in [0.15, 0.2) is 14.6 Å². The summed E-state index contributed by atoms with van der Waals surface area (Å²) in [7, 11) is -3.48. The molecule has 0 radical (unpaired) electrons. The highest BCUT2D eigenvalue weighted by atomic mass is 32.2. The highest BCUT2D eigenvalue weighted by molar-refractivity contribution is 7.92. The maximum absolute atomic E-state index is 11.6. The van der Waals surface area contributed by atoms with Crippen molar-refractivity contribution in [3.63, 3.8) is 0 Å². The molecule has 0 aromatic rings. The van der Waals surface area contributed by atoms with Crippen molar-refractivity contribution in [3.8, 4) is 0 Å².